The van der Waals surface area contributed by atoms with Gasteiger partial charge in [-0.3, -0.25) is 9.48 Å². The third-order valence-corrected chi connectivity index (χ3v) is 2.35. The van der Waals surface area contributed by atoms with E-state index in [1.54, 1.807) is 36.1 Å². The van der Waals surface area contributed by atoms with Crippen molar-refractivity contribution in [2.45, 2.75) is 6.92 Å². The molecule has 17 heavy (non-hydrogen) atoms. The second kappa shape index (κ2) is 4.29. The smallest absolute Gasteiger partial charge is 0.260 e. The van der Waals surface area contributed by atoms with Crippen molar-refractivity contribution in [2.75, 3.05) is 5.32 Å². The van der Waals surface area contributed by atoms with Crippen LogP contribution in [0.1, 0.15) is 15.9 Å². The Kier molecular flexibility index (Phi) is 2.82. The molecule has 0 radical (unpaired) electrons. The molecular weight excluding hydrogens is 218 g/mol. The second-order valence-electron chi connectivity index (χ2n) is 3.85. The first kappa shape index (κ1) is 11.2. The number of amides is 1. The Morgan fingerprint density at radius 3 is 2.82 bits per heavy atom. The Labute approximate surface area is 98.7 Å². The molecule has 2 rings (SSSR count). The summed E-state index contributed by atoms with van der Waals surface area (Å²) in [7, 11) is 1.76. The van der Waals surface area contributed by atoms with E-state index in [0.717, 1.165) is 5.56 Å². The summed E-state index contributed by atoms with van der Waals surface area (Å²) < 4.78 is 1.59. The van der Waals surface area contributed by atoms with Gasteiger partial charge in [0, 0.05) is 19.3 Å². The Hall–Kier alpha value is -2.30. The van der Waals surface area contributed by atoms with E-state index < -0.39 is 0 Å². The van der Waals surface area contributed by atoms with E-state index in [1.807, 2.05) is 6.92 Å². The van der Waals surface area contributed by atoms with Crippen LogP contribution < -0.4 is 5.32 Å². The Balaban J connectivity index is 2.22. The van der Waals surface area contributed by atoms with Gasteiger partial charge in [-0.05, 0) is 19.1 Å². The highest BCUT2D eigenvalue weighted by Gasteiger charge is 2.12. The lowest BCUT2D eigenvalue weighted by Gasteiger charge is -2.05. The lowest BCUT2D eigenvalue weighted by atomic mass is 10.1. The number of hydrogen-bond acceptors (Lipinski definition) is 3. The zero-order valence-electron chi connectivity index (χ0n) is 9.64. The van der Waals surface area contributed by atoms with Crippen LogP contribution in [0.3, 0.4) is 0 Å². The molecule has 0 fully saturated rings. The molecule has 0 spiro atoms. The highest BCUT2D eigenvalue weighted by molar-refractivity contribution is 6.05. The first-order valence-electron chi connectivity index (χ1n) is 5.17. The minimum Gasteiger partial charge on any atom is -0.507 e. The quantitative estimate of drug-likeness (QED) is 0.826. The van der Waals surface area contributed by atoms with Crippen molar-refractivity contribution in [2.24, 2.45) is 7.05 Å². The van der Waals surface area contributed by atoms with Crippen LogP contribution in [0.15, 0.2) is 30.5 Å². The zero-order chi connectivity index (χ0) is 12.4. The van der Waals surface area contributed by atoms with Crippen LogP contribution in [0.4, 0.5) is 5.82 Å². The van der Waals surface area contributed by atoms with Gasteiger partial charge in [0.25, 0.3) is 5.91 Å². The lowest BCUT2D eigenvalue weighted by molar-refractivity contribution is 0.102. The van der Waals surface area contributed by atoms with Gasteiger partial charge in [-0.25, -0.2) is 0 Å². The average Bonchev–Trinajstić information content (AvgIpc) is 2.67. The summed E-state index contributed by atoms with van der Waals surface area (Å²) in [6.45, 7) is 1.86. The Bertz CT molecular complexity index is 561. The molecule has 0 aliphatic heterocycles. The van der Waals surface area contributed by atoms with E-state index in [9.17, 15) is 9.90 Å². The molecule has 1 aromatic carbocycles. The molecule has 5 nitrogen and oxygen atoms in total. The van der Waals surface area contributed by atoms with Crippen LogP contribution in [0, 0.1) is 6.92 Å². The molecule has 1 amide bonds. The summed E-state index contributed by atoms with van der Waals surface area (Å²) >= 11 is 0. The van der Waals surface area contributed by atoms with Crippen molar-refractivity contribution in [1.82, 2.24) is 9.78 Å². The number of aryl methyl sites for hydroxylation is 2. The number of anilines is 1. The van der Waals surface area contributed by atoms with Crippen LogP contribution in [0.25, 0.3) is 0 Å². The lowest BCUT2D eigenvalue weighted by Crippen LogP contribution is -2.13. The first-order chi connectivity index (χ1) is 8.06. The number of aromatic hydroxyl groups is 1. The molecule has 5 heteroatoms. The van der Waals surface area contributed by atoms with Crippen molar-refractivity contribution in [1.29, 1.82) is 0 Å². The fraction of sp³-hybridized carbons (Fsp3) is 0.167. The van der Waals surface area contributed by atoms with Gasteiger partial charge in [-0.15, -0.1) is 0 Å². The molecule has 88 valence electrons. The van der Waals surface area contributed by atoms with Gasteiger partial charge >= 0.3 is 0 Å². The molecule has 1 heterocycles. The molecule has 1 aromatic heterocycles. The van der Waals surface area contributed by atoms with E-state index >= 15 is 0 Å². The molecule has 2 aromatic rings. The fourth-order valence-corrected chi connectivity index (χ4v) is 1.50. The van der Waals surface area contributed by atoms with Gasteiger partial charge in [0.05, 0.1) is 5.56 Å². The van der Waals surface area contributed by atoms with Gasteiger partial charge in [0.15, 0.2) is 5.82 Å². The van der Waals surface area contributed by atoms with Gasteiger partial charge in [0.1, 0.15) is 5.75 Å². The van der Waals surface area contributed by atoms with E-state index in [4.69, 9.17) is 0 Å². The van der Waals surface area contributed by atoms with Gasteiger partial charge < -0.3 is 10.4 Å². The number of carbonyl (C=O) groups excluding carboxylic acids is 1. The Morgan fingerprint density at radius 1 is 1.41 bits per heavy atom. The third-order valence-electron chi connectivity index (χ3n) is 2.35. The van der Waals surface area contributed by atoms with Gasteiger partial charge in [-0.1, -0.05) is 11.6 Å². The number of aromatic nitrogens is 2. The van der Waals surface area contributed by atoms with Gasteiger partial charge in [0.2, 0.25) is 0 Å². The number of benzene rings is 1. The van der Waals surface area contributed by atoms with Crippen molar-refractivity contribution in [3.63, 3.8) is 0 Å². The maximum atomic E-state index is 11.9. The fourth-order valence-electron chi connectivity index (χ4n) is 1.50. The summed E-state index contributed by atoms with van der Waals surface area (Å²) in [4.78, 5) is 11.9. The van der Waals surface area contributed by atoms with E-state index in [2.05, 4.69) is 10.4 Å². The van der Waals surface area contributed by atoms with Crippen LogP contribution in [-0.2, 0) is 7.05 Å². The molecular formula is C12H13N3O2. The molecule has 2 N–H and O–H groups in total. The van der Waals surface area contributed by atoms with Crippen LogP contribution in [0.2, 0.25) is 0 Å². The number of phenols is 1. The second-order valence-corrected chi connectivity index (χ2v) is 3.85. The van der Waals surface area contributed by atoms with Crippen molar-refractivity contribution in [3.05, 3.63) is 41.6 Å². The number of nitrogens with one attached hydrogen (secondary N) is 1. The van der Waals surface area contributed by atoms with Crippen LogP contribution >= 0.6 is 0 Å². The number of carbonyl (C=O) groups is 1. The average molecular weight is 231 g/mol. The number of nitrogens with zero attached hydrogens (tertiary/aromatic N) is 2. The van der Waals surface area contributed by atoms with Crippen molar-refractivity contribution < 1.29 is 9.90 Å². The minimum absolute atomic E-state index is 0.0379. The summed E-state index contributed by atoms with van der Waals surface area (Å²) in [6, 6.07) is 6.56. The highest BCUT2D eigenvalue weighted by atomic mass is 16.3. The molecule has 0 aliphatic rings. The largest absolute Gasteiger partial charge is 0.507 e. The summed E-state index contributed by atoms with van der Waals surface area (Å²) in [5, 5.41) is 16.2. The monoisotopic (exact) mass is 231 g/mol. The predicted octanol–water partition coefficient (Wildman–Crippen LogP) is 1.69. The van der Waals surface area contributed by atoms with Crippen molar-refractivity contribution >= 4 is 11.7 Å². The molecule has 0 unspecified atom stereocenters. The van der Waals surface area contributed by atoms with Gasteiger partial charge in [-0.2, -0.15) is 5.10 Å². The summed E-state index contributed by atoms with van der Waals surface area (Å²) in [5.41, 5.74) is 1.16. The van der Waals surface area contributed by atoms with E-state index in [1.165, 1.54) is 6.07 Å². The topological polar surface area (TPSA) is 67.2 Å². The maximum Gasteiger partial charge on any atom is 0.260 e. The zero-order valence-corrected chi connectivity index (χ0v) is 9.64. The number of rotatable bonds is 2. The number of phenolic OH excluding ortho intramolecular Hbond substituents is 1. The van der Waals surface area contributed by atoms with Crippen LogP contribution in [0.5, 0.6) is 5.75 Å². The number of hydrogen-bond donors (Lipinski definition) is 2. The Morgan fingerprint density at radius 2 is 2.18 bits per heavy atom. The normalized spacial score (nSPS) is 10.2. The van der Waals surface area contributed by atoms with E-state index in [-0.39, 0.29) is 17.2 Å². The standard InChI is InChI=1S/C12H13N3O2/c1-8-3-4-10(16)9(7-8)12(17)13-11-5-6-15(2)14-11/h3-7,16H,1-2H3,(H,13,14,17). The SMILES string of the molecule is Cc1ccc(O)c(C(=O)Nc2ccn(C)n2)c1. The molecule has 0 saturated carbocycles. The molecule has 0 aliphatic carbocycles. The maximum absolute atomic E-state index is 11.9. The first-order valence-corrected chi connectivity index (χ1v) is 5.17. The predicted molar refractivity (Wildman–Crippen MR) is 64.0 cm³/mol. The molecule has 0 bridgehead atoms. The molecule has 0 atom stereocenters. The minimum atomic E-state index is -0.370. The third kappa shape index (κ3) is 2.44. The van der Waals surface area contributed by atoms with Crippen LogP contribution in [-0.4, -0.2) is 20.8 Å². The van der Waals surface area contributed by atoms with Crippen molar-refractivity contribution in [3.8, 4) is 5.75 Å². The summed E-state index contributed by atoms with van der Waals surface area (Å²) in [6.07, 6.45) is 1.73. The molecule has 0 saturated heterocycles. The highest BCUT2D eigenvalue weighted by Crippen LogP contribution is 2.19. The summed E-state index contributed by atoms with van der Waals surface area (Å²) in [5.74, 6) is 0.0485. The van der Waals surface area contributed by atoms with E-state index in [0.29, 0.717) is 5.82 Å².